The van der Waals surface area contributed by atoms with Crippen LogP contribution >= 0.6 is 23.2 Å². The normalized spacial score (nSPS) is 19.1. The third kappa shape index (κ3) is 5.50. The molecule has 1 aromatic heterocycles. The zero-order valence-corrected chi connectivity index (χ0v) is 22.2. The fraction of sp³-hybridized carbons (Fsp3) is 0.435. The van der Waals surface area contributed by atoms with Crippen LogP contribution in [0.4, 0.5) is 0 Å². The number of tetrazole rings is 1. The molecule has 0 aliphatic carbocycles. The van der Waals surface area contributed by atoms with Gasteiger partial charge >= 0.3 is 17.9 Å². The number of nitrogens with one attached hydrogen (secondary N) is 1. The SMILES string of the molecule is CCOC(=O)C1=C(C(OC)C(C(=O)OC)c2nn[nH]n2)N=C(C)C(C(=O)OC)C1c1cccc(Cl)c1Cl. The molecule has 1 aromatic carbocycles. The molecule has 0 bridgehead atoms. The molecule has 1 aliphatic rings. The molecule has 2 aromatic rings. The molecule has 37 heavy (non-hydrogen) atoms. The maximum absolute atomic E-state index is 13.5. The van der Waals surface area contributed by atoms with Crippen LogP contribution in [0.2, 0.25) is 10.0 Å². The number of H-pyrrole nitrogens is 1. The molecule has 0 fully saturated rings. The van der Waals surface area contributed by atoms with Crippen molar-refractivity contribution in [2.45, 2.75) is 31.8 Å². The van der Waals surface area contributed by atoms with Crippen molar-refractivity contribution in [3.8, 4) is 0 Å². The summed E-state index contributed by atoms with van der Waals surface area (Å²) >= 11 is 12.9. The monoisotopic (exact) mass is 553 g/mol. The molecule has 198 valence electrons. The molecule has 0 saturated carbocycles. The average Bonchev–Trinajstić information content (AvgIpc) is 3.41. The van der Waals surface area contributed by atoms with Crippen LogP contribution < -0.4 is 0 Å². The summed E-state index contributed by atoms with van der Waals surface area (Å²) in [7, 11) is 3.71. The first-order valence-electron chi connectivity index (χ1n) is 11.0. The van der Waals surface area contributed by atoms with Crippen LogP contribution in [0.15, 0.2) is 34.5 Å². The lowest BCUT2D eigenvalue weighted by Gasteiger charge is -2.35. The molecular formula is C23H25Cl2N5O7. The maximum Gasteiger partial charge on any atom is 0.336 e. The Balaban J connectivity index is 2.39. The molecular weight excluding hydrogens is 529 g/mol. The molecule has 0 amide bonds. The summed E-state index contributed by atoms with van der Waals surface area (Å²) in [5, 5.41) is 13.9. The first-order valence-corrected chi connectivity index (χ1v) is 11.8. The summed E-state index contributed by atoms with van der Waals surface area (Å²) in [5.74, 6) is -5.70. The fourth-order valence-electron chi connectivity index (χ4n) is 4.27. The van der Waals surface area contributed by atoms with Gasteiger partial charge in [0.25, 0.3) is 0 Å². The number of nitrogens with zero attached hydrogens (tertiary/aromatic N) is 4. The second kappa shape index (κ2) is 12.3. The number of aromatic amines is 1. The smallest absolute Gasteiger partial charge is 0.336 e. The van der Waals surface area contributed by atoms with Crippen molar-refractivity contribution in [2.24, 2.45) is 10.9 Å². The van der Waals surface area contributed by atoms with Crippen LogP contribution in [0.3, 0.4) is 0 Å². The quantitative estimate of drug-likeness (QED) is 0.361. The van der Waals surface area contributed by atoms with Crippen molar-refractivity contribution in [2.75, 3.05) is 27.9 Å². The predicted molar refractivity (Wildman–Crippen MR) is 131 cm³/mol. The van der Waals surface area contributed by atoms with Gasteiger partial charge in [0.15, 0.2) is 11.7 Å². The molecule has 4 atom stereocenters. The molecule has 0 spiro atoms. The Hall–Kier alpha value is -3.35. The summed E-state index contributed by atoms with van der Waals surface area (Å²) < 4.78 is 21.1. The van der Waals surface area contributed by atoms with Crippen LogP contribution in [0.25, 0.3) is 0 Å². The Morgan fingerprint density at radius 3 is 2.43 bits per heavy atom. The summed E-state index contributed by atoms with van der Waals surface area (Å²) in [5.41, 5.74) is 0.550. The highest BCUT2D eigenvalue weighted by molar-refractivity contribution is 6.42. The highest BCUT2D eigenvalue weighted by Crippen LogP contribution is 2.46. The van der Waals surface area contributed by atoms with E-state index in [1.165, 1.54) is 21.3 Å². The van der Waals surface area contributed by atoms with Crippen LogP contribution in [0.5, 0.6) is 0 Å². The van der Waals surface area contributed by atoms with Crippen molar-refractivity contribution in [3.05, 3.63) is 50.9 Å². The largest absolute Gasteiger partial charge is 0.468 e. The van der Waals surface area contributed by atoms with E-state index in [1.807, 2.05) is 0 Å². The number of rotatable bonds is 9. The summed E-state index contributed by atoms with van der Waals surface area (Å²) in [6.07, 6.45) is -1.25. The lowest BCUT2D eigenvalue weighted by molar-refractivity contribution is -0.147. The van der Waals surface area contributed by atoms with Crippen molar-refractivity contribution in [1.29, 1.82) is 0 Å². The van der Waals surface area contributed by atoms with Crippen molar-refractivity contribution >= 4 is 46.8 Å². The molecule has 4 unspecified atom stereocenters. The van der Waals surface area contributed by atoms with Gasteiger partial charge in [-0.3, -0.25) is 14.6 Å². The number of aromatic nitrogens is 4. The van der Waals surface area contributed by atoms with Gasteiger partial charge in [-0.25, -0.2) is 4.79 Å². The third-order valence-corrected chi connectivity index (χ3v) is 6.69. The number of carbonyl (C=O) groups excluding carboxylic acids is 3. The predicted octanol–water partition coefficient (Wildman–Crippen LogP) is 2.64. The summed E-state index contributed by atoms with van der Waals surface area (Å²) in [4.78, 5) is 44.0. The number of halogens is 2. The van der Waals surface area contributed by atoms with Crippen molar-refractivity contribution in [3.63, 3.8) is 0 Å². The van der Waals surface area contributed by atoms with Crippen LogP contribution in [0.1, 0.15) is 37.1 Å². The van der Waals surface area contributed by atoms with E-state index in [2.05, 4.69) is 25.6 Å². The molecule has 3 rings (SSSR count). The molecule has 1 aliphatic heterocycles. The topological polar surface area (TPSA) is 155 Å². The molecule has 12 nitrogen and oxygen atoms in total. The summed E-state index contributed by atoms with van der Waals surface area (Å²) in [6, 6.07) is 4.83. The zero-order valence-electron chi connectivity index (χ0n) is 20.7. The third-order valence-electron chi connectivity index (χ3n) is 5.86. The molecule has 0 saturated heterocycles. The van der Waals surface area contributed by atoms with Gasteiger partial charge < -0.3 is 18.9 Å². The van der Waals surface area contributed by atoms with E-state index in [1.54, 1.807) is 32.0 Å². The van der Waals surface area contributed by atoms with Gasteiger partial charge in [-0.05, 0) is 25.5 Å². The second-order valence-corrected chi connectivity index (χ2v) is 8.61. The average molecular weight is 554 g/mol. The van der Waals surface area contributed by atoms with Gasteiger partial charge in [0.1, 0.15) is 12.0 Å². The van der Waals surface area contributed by atoms with Crippen molar-refractivity contribution < 1.29 is 33.3 Å². The lowest BCUT2D eigenvalue weighted by atomic mass is 9.74. The Morgan fingerprint density at radius 2 is 1.86 bits per heavy atom. The number of hydrogen-bond donors (Lipinski definition) is 1. The number of ether oxygens (including phenoxy) is 4. The Morgan fingerprint density at radius 1 is 1.14 bits per heavy atom. The minimum absolute atomic E-state index is 0.000143. The van der Waals surface area contributed by atoms with Gasteiger partial charge in [0.05, 0.1) is 42.1 Å². The summed E-state index contributed by atoms with van der Waals surface area (Å²) in [6.45, 7) is 3.22. The van der Waals surface area contributed by atoms with Gasteiger partial charge in [-0.2, -0.15) is 5.21 Å². The molecule has 14 heteroatoms. The fourth-order valence-corrected chi connectivity index (χ4v) is 4.70. The van der Waals surface area contributed by atoms with Gasteiger partial charge in [0.2, 0.25) is 0 Å². The first-order chi connectivity index (χ1) is 17.7. The highest BCUT2D eigenvalue weighted by atomic mass is 35.5. The first kappa shape index (κ1) is 28.2. The minimum atomic E-state index is -1.28. The number of carbonyl (C=O) groups is 3. The van der Waals surface area contributed by atoms with E-state index < -0.39 is 41.8 Å². The van der Waals surface area contributed by atoms with E-state index in [-0.39, 0.29) is 39.5 Å². The minimum Gasteiger partial charge on any atom is -0.468 e. The molecule has 2 heterocycles. The number of hydrogen-bond acceptors (Lipinski definition) is 11. The van der Waals surface area contributed by atoms with Crippen molar-refractivity contribution in [1.82, 2.24) is 20.6 Å². The van der Waals surface area contributed by atoms with Crippen LogP contribution in [0, 0.1) is 5.92 Å². The van der Waals surface area contributed by atoms with Gasteiger partial charge in [-0.1, -0.05) is 40.5 Å². The van der Waals surface area contributed by atoms with E-state index in [0.29, 0.717) is 5.56 Å². The standard InChI is InChI=1S/C23H25Cl2N5O7/c1-6-37-23(33)15-14(11-8-7-9-12(24)17(11)25)13(21(31)35-4)10(2)26-18(15)19(34-3)16(22(32)36-5)20-27-29-30-28-20/h7-9,13-14,16,19H,6H2,1-5H3,(H,27,28,29,30). The Bertz CT molecular complexity index is 1230. The zero-order chi connectivity index (χ0) is 27.3. The number of esters is 3. The number of benzene rings is 1. The molecule has 0 radical (unpaired) electrons. The van der Waals surface area contributed by atoms with E-state index in [0.717, 1.165) is 0 Å². The Kier molecular flexibility index (Phi) is 9.35. The number of aliphatic imine (C=N–C) groups is 1. The Labute approximate surface area is 222 Å². The molecule has 1 N–H and O–H groups in total. The van der Waals surface area contributed by atoms with Crippen LogP contribution in [-0.4, -0.2) is 78.3 Å². The van der Waals surface area contributed by atoms with E-state index in [9.17, 15) is 14.4 Å². The van der Waals surface area contributed by atoms with Gasteiger partial charge in [-0.15, -0.1) is 10.2 Å². The second-order valence-electron chi connectivity index (χ2n) is 7.82. The maximum atomic E-state index is 13.5. The van der Waals surface area contributed by atoms with Gasteiger partial charge in [0, 0.05) is 18.7 Å². The number of methoxy groups -OCH3 is 3. The van der Waals surface area contributed by atoms with Crippen LogP contribution in [-0.2, 0) is 33.3 Å². The lowest BCUT2D eigenvalue weighted by Crippen LogP contribution is -2.40. The van der Waals surface area contributed by atoms with E-state index >= 15 is 0 Å². The van der Waals surface area contributed by atoms with E-state index in [4.69, 9.17) is 42.1 Å². The highest BCUT2D eigenvalue weighted by Gasteiger charge is 2.48.